The summed E-state index contributed by atoms with van der Waals surface area (Å²) in [5.41, 5.74) is -1.00. The smallest absolute Gasteiger partial charge is 0.329 e. The van der Waals surface area contributed by atoms with Crippen molar-refractivity contribution in [3.05, 3.63) is 128 Å². The lowest BCUT2D eigenvalue weighted by Crippen LogP contribution is -2.52. The van der Waals surface area contributed by atoms with Crippen LogP contribution in [0.2, 0.25) is 0 Å². The highest BCUT2D eigenvalue weighted by atomic mass is 16.7. The van der Waals surface area contributed by atoms with Crippen LogP contribution in [0.1, 0.15) is 35.6 Å². The first-order chi connectivity index (χ1) is 20.6. The fraction of sp³-hybridized carbons (Fsp3) is 0.250. The number of amides is 1. The van der Waals surface area contributed by atoms with Gasteiger partial charge in [0.1, 0.15) is 18.0 Å². The standard InChI is InChI=1S/C32H33N3O8/c1-5-27(30(38)39)35(28(36)20-34-19-21(2)29(37)33-31(34)40)43-32(22-9-7-6-8-10-22,23-11-15-25(41-3)16-12-23)24-13-17-26(42-4)18-14-24/h6-19,27H,5,20H2,1-4H3,(H,38,39)(H,33,37,40). The van der Waals surface area contributed by atoms with Crippen molar-refractivity contribution in [1.82, 2.24) is 14.6 Å². The monoisotopic (exact) mass is 587 g/mol. The second-order valence-electron chi connectivity index (χ2n) is 9.78. The van der Waals surface area contributed by atoms with Crippen LogP contribution < -0.4 is 20.7 Å². The molecule has 0 spiro atoms. The number of H-pyrrole nitrogens is 1. The summed E-state index contributed by atoms with van der Waals surface area (Å²) in [7, 11) is 3.08. The van der Waals surface area contributed by atoms with Gasteiger partial charge in [-0.25, -0.2) is 19.5 Å². The van der Waals surface area contributed by atoms with Crippen molar-refractivity contribution in [3.8, 4) is 11.5 Å². The first-order valence-electron chi connectivity index (χ1n) is 13.5. The van der Waals surface area contributed by atoms with Crippen LogP contribution in [0.5, 0.6) is 11.5 Å². The highest BCUT2D eigenvalue weighted by Crippen LogP contribution is 2.43. The van der Waals surface area contributed by atoms with E-state index in [0.29, 0.717) is 28.2 Å². The van der Waals surface area contributed by atoms with Crippen LogP contribution in [-0.4, -0.2) is 51.9 Å². The SMILES string of the molecule is CCC(C(=O)O)N(OC(c1ccccc1)(c1ccc(OC)cc1)c1ccc(OC)cc1)C(=O)Cn1cc(C)c(=O)[nH]c1=O. The van der Waals surface area contributed by atoms with Gasteiger partial charge in [0.2, 0.25) is 0 Å². The van der Waals surface area contributed by atoms with Crippen LogP contribution in [0.25, 0.3) is 0 Å². The fourth-order valence-electron chi connectivity index (χ4n) is 4.81. The fourth-order valence-corrected chi connectivity index (χ4v) is 4.81. The van der Waals surface area contributed by atoms with E-state index in [2.05, 4.69) is 4.98 Å². The Hall–Kier alpha value is -5.16. The molecule has 0 bridgehead atoms. The third-order valence-electron chi connectivity index (χ3n) is 7.10. The lowest BCUT2D eigenvalue weighted by molar-refractivity contribution is -0.241. The van der Waals surface area contributed by atoms with E-state index in [-0.39, 0.29) is 12.0 Å². The Labute approximate surface area is 247 Å². The van der Waals surface area contributed by atoms with Crippen LogP contribution >= 0.6 is 0 Å². The number of nitrogens with zero attached hydrogens (tertiary/aromatic N) is 2. The number of carbonyl (C=O) groups excluding carboxylic acids is 1. The maximum absolute atomic E-state index is 14.0. The number of aryl methyl sites for hydroxylation is 1. The molecule has 0 saturated carbocycles. The molecule has 0 aliphatic heterocycles. The number of methoxy groups -OCH3 is 2. The molecule has 1 atom stereocenters. The third kappa shape index (κ3) is 6.36. The minimum atomic E-state index is -1.55. The van der Waals surface area contributed by atoms with Crippen LogP contribution in [-0.2, 0) is 26.6 Å². The van der Waals surface area contributed by atoms with E-state index >= 15 is 0 Å². The average molecular weight is 588 g/mol. The van der Waals surface area contributed by atoms with Gasteiger partial charge in [0, 0.05) is 11.8 Å². The number of ether oxygens (including phenoxy) is 2. The molecule has 0 radical (unpaired) electrons. The van der Waals surface area contributed by atoms with Crippen molar-refractivity contribution in [3.63, 3.8) is 0 Å². The molecule has 43 heavy (non-hydrogen) atoms. The van der Waals surface area contributed by atoms with E-state index < -0.39 is 41.3 Å². The molecular formula is C32H33N3O8. The molecule has 1 heterocycles. The molecule has 11 nitrogen and oxygen atoms in total. The second kappa shape index (κ2) is 13.2. The van der Waals surface area contributed by atoms with Gasteiger partial charge in [0.05, 0.1) is 14.2 Å². The molecule has 1 aromatic heterocycles. The quantitative estimate of drug-likeness (QED) is 0.190. The van der Waals surface area contributed by atoms with Crippen molar-refractivity contribution in [2.45, 2.75) is 38.5 Å². The van der Waals surface area contributed by atoms with Gasteiger partial charge in [-0.05, 0) is 54.3 Å². The number of rotatable bonds is 12. The second-order valence-corrected chi connectivity index (χ2v) is 9.78. The van der Waals surface area contributed by atoms with Crippen molar-refractivity contribution in [2.24, 2.45) is 0 Å². The number of carboxylic acids is 1. The molecule has 224 valence electrons. The molecule has 2 N–H and O–H groups in total. The zero-order valence-electron chi connectivity index (χ0n) is 24.3. The molecule has 3 aromatic carbocycles. The largest absolute Gasteiger partial charge is 0.497 e. The predicted molar refractivity (Wildman–Crippen MR) is 158 cm³/mol. The lowest BCUT2D eigenvalue weighted by Gasteiger charge is -2.41. The van der Waals surface area contributed by atoms with Crippen molar-refractivity contribution in [2.75, 3.05) is 14.2 Å². The third-order valence-corrected chi connectivity index (χ3v) is 7.10. The molecule has 4 rings (SSSR count). The molecule has 1 unspecified atom stereocenters. The Bertz CT molecular complexity index is 1630. The Morgan fingerprint density at radius 3 is 1.86 bits per heavy atom. The van der Waals surface area contributed by atoms with E-state index in [0.717, 1.165) is 9.63 Å². The molecule has 0 aliphatic rings. The molecule has 0 aliphatic carbocycles. The van der Waals surface area contributed by atoms with Gasteiger partial charge < -0.3 is 14.6 Å². The van der Waals surface area contributed by atoms with Crippen LogP contribution in [0, 0.1) is 6.92 Å². The highest BCUT2D eigenvalue weighted by Gasteiger charge is 2.44. The van der Waals surface area contributed by atoms with Gasteiger partial charge in [-0.2, -0.15) is 0 Å². The molecule has 1 amide bonds. The topological polar surface area (TPSA) is 140 Å². The zero-order chi connectivity index (χ0) is 31.1. The number of hydroxylamine groups is 2. The molecule has 11 heteroatoms. The van der Waals surface area contributed by atoms with Gasteiger partial charge in [-0.3, -0.25) is 19.1 Å². The lowest BCUT2D eigenvalue weighted by atomic mass is 9.80. The molecule has 4 aromatic rings. The Morgan fingerprint density at radius 2 is 1.40 bits per heavy atom. The van der Waals surface area contributed by atoms with Crippen molar-refractivity contribution in [1.29, 1.82) is 0 Å². The minimum absolute atomic E-state index is 0.00326. The number of benzene rings is 3. The van der Waals surface area contributed by atoms with E-state index in [1.54, 1.807) is 69.7 Å². The van der Waals surface area contributed by atoms with Crippen molar-refractivity contribution >= 4 is 11.9 Å². The normalized spacial score (nSPS) is 11.9. The van der Waals surface area contributed by atoms with Gasteiger partial charge in [0.25, 0.3) is 11.5 Å². The van der Waals surface area contributed by atoms with Gasteiger partial charge in [-0.15, -0.1) is 0 Å². The van der Waals surface area contributed by atoms with E-state index in [4.69, 9.17) is 14.3 Å². The summed E-state index contributed by atoms with van der Waals surface area (Å²) < 4.78 is 11.7. The molecule has 0 fully saturated rings. The first-order valence-corrected chi connectivity index (χ1v) is 13.5. The number of carboxylic acid groups (broad SMARTS) is 1. The number of aromatic nitrogens is 2. The summed E-state index contributed by atoms with van der Waals surface area (Å²) >= 11 is 0. The summed E-state index contributed by atoms with van der Waals surface area (Å²) in [5.74, 6) is -0.950. The summed E-state index contributed by atoms with van der Waals surface area (Å²) in [6.45, 7) is 2.52. The number of hydrogen-bond donors (Lipinski definition) is 2. The number of aromatic amines is 1. The highest BCUT2D eigenvalue weighted by molar-refractivity contribution is 5.82. The Morgan fingerprint density at radius 1 is 0.884 bits per heavy atom. The summed E-state index contributed by atoms with van der Waals surface area (Å²) in [6.07, 6.45) is 1.24. The minimum Gasteiger partial charge on any atom is -0.497 e. The van der Waals surface area contributed by atoms with Gasteiger partial charge in [-0.1, -0.05) is 61.5 Å². The maximum Gasteiger partial charge on any atom is 0.329 e. The van der Waals surface area contributed by atoms with Gasteiger partial charge in [0.15, 0.2) is 11.6 Å². The van der Waals surface area contributed by atoms with Crippen LogP contribution in [0.3, 0.4) is 0 Å². The van der Waals surface area contributed by atoms with Gasteiger partial charge >= 0.3 is 11.7 Å². The number of aliphatic carboxylic acids is 1. The van der Waals surface area contributed by atoms with E-state index in [9.17, 15) is 24.3 Å². The molecular weight excluding hydrogens is 554 g/mol. The Kier molecular flexibility index (Phi) is 9.46. The summed E-state index contributed by atoms with van der Waals surface area (Å²) in [5, 5.41) is 11.0. The van der Waals surface area contributed by atoms with Crippen molar-refractivity contribution < 1.29 is 29.0 Å². The maximum atomic E-state index is 14.0. The summed E-state index contributed by atoms with van der Waals surface area (Å²) in [4.78, 5) is 59.9. The zero-order valence-corrected chi connectivity index (χ0v) is 24.3. The van der Waals surface area contributed by atoms with E-state index in [1.165, 1.54) is 13.1 Å². The number of hydrogen-bond acceptors (Lipinski definition) is 7. The number of nitrogens with one attached hydrogen (secondary N) is 1. The summed E-state index contributed by atoms with van der Waals surface area (Å²) in [6, 6.07) is 21.7. The number of carbonyl (C=O) groups is 2. The average Bonchev–Trinajstić information content (AvgIpc) is 3.02. The van der Waals surface area contributed by atoms with E-state index in [1.807, 2.05) is 30.3 Å². The van der Waals surface area contributed by atoms with Crippen LogP contribution in [0.4, 0.5) is 0 Å². The van der Waals surface area contributed by atoms with Crippen LogP contribution in [0.15, 0.2) is 94.6 Å². The Balaban J connectivity index is 1.97. The molecule has 0 saturated heterocycles. The predicted octanol–water partition coefficient (Wildman–Crippen LogP) is 3.48. The first kappa shape index (κ1) is 30.8.